The Morgan fingerprint density at radius 1 is 1.35 bits per heavy atom. The number of amides is 1. The maximum Gasteiger partial charge on any atom is 0.301 e. The van der Waals surface area contributed by atoms with Crippen molar-refractivity contribution in [3.05, 3.63) is 47.9 Å². The molecule has 0 atom stereocenters. The molecule has 0 aliphatic heterocycles. The summed E-state index contributed by atoms with van der Waals surface area (Å²) in [5, 5.41) is 2.58. The fraction of sp³-hybridized carbons (Fsp3) is 0.167. The van der Waals surface area contributed by atoms with Crippen LogP contribution in [0.3, 0.4) is 0 Å². The molecule has 0 saturated heterocycles. The zero-order valence-electron chi connectivity index (χ0n) is 9.22. The summed E-state index contributed by atoms with van der Waals surface area (Å²) in [6.45, 7) is 0.499. The van der Waals surface area contributed by atoms with Crippen molar-refractivity contribution in [3.8, 4) is 0 Å². The predicted octanol–water partition coefficient (Wildman–Crippen LogP) is 1.43. The first-order valence-corrected chi connectivity index (χ1v) is 5.30. The highest BCUT2D eigenvalue weighted by Crippen LogP contribution is 2.09. The minimum absolute atomic E-state index is 0.197. The topological polar surface area (TPSA) is 81.1 Å². The van der Waals surface area contributed by atoms with Gasteiger partial charge in [0.05, 0.1) is 5.69 Å². The Balaban J connectivity index is 2.03. The number of nitrogens with two attached hydrogens (primary N) is 1. The molecule has 0 aliphatic carbocycles. The summed E-state index contributed by atoms with van der Waals surface area (Å²) in [4.78, 5) is 15.8. The van der Waals surface area contributed by atoms with E-state index in [2.05, 4.69) is 10.3 Å². The summed E-state index contributed by atoms with van der Waals surface area (Å²) in [5.74, 6) is -0.244. The average Bonchev–Trinajstić information content (AvgIpc) is 2.78. The minimum Gasteiger partial charge on any atom is -0.432 e. The van der Waals surface area contributed by atoms with Gasteiger partial charge in [0.1, 0.15) is 6.26 Å². The molecule has 0 saturated carbocycles. The number of benzene rings is 1. The molecule has 0 fully saturated rings. The Morgan fingerprint density at radius 3 is 2.82 bits per heavy atom. The van der Waals surface area contributed by atoms with Crippen LogP contribution in [0.15, 0.2) is 41.0 Å². The van der Waals surface area contributed by atoms with Gasteiger partial charge < -0.3 is 10.2 Å². The second kappa shape index (κ2) is 5.27. The molecule has 1 aromatic carbocycles. The highest BCUT2D eigenvalue weighted by Gasteiger charge is 2.09. The van der Waals surface area contributed by atoms with E-state index in [4.69, 9.17) is 10.2 Å². The summed E-state index contributed by atoms with van der Waals surface area (Å²) in [6.07, 6.45) is 2.12. The molecule has 0 aliphatic rings. The lowest BCUT2D eigenvalue weighted by Gasteiger charge is -1.99. The van der Waals surface area contributed by atoms with Crippen molar-refractivity contribution in [2.24, 2.45) is 5.73 Å². The predicted molar refractivity (Wildman–Crippen MR) is 63.7 cm³/mol. The maximum atomic E-state index is 11.7. The van der Waals surface area contributed by atoms with Crippen LogP contribution in [0.2, 0.25) is 0 Å². The Bertz CT molecular complexity index is 493. The van der Waals surface area contributed by atoms with E-state index in [1.54, 1.807) is 24.3 Å². The van der Waals surface area contributed by atoms with E-state index in [9.17, 15) is 4.79 Å². The number of nitrogens with zero attached hydrogens (tertiary/aromatic N) is 1. The van der Waals surface area contributed by atoms with Gasteiger partial charge in [-0.1, -0.05) is 18.2 Å². The number of nitrogens with one attached hydrogen (secondary N) is 1. The fourth-order valence-electron chi connectivity index (χ4n) is 1.39. The molecule has 5 heteroatoms. The first kappa shape index (κ1) is 11.3. The minimum atomic E-state index is -0.244. The number of hydrogen-bond acceptors (Lipinski definition) is 4. The first-order chi connectivity index (χ1) is 8.29. The molecule has 17 heavy (non-hydrogen) atoms. The molecule has 5 nitrogen and oxygen atoms in total. The lowest BCUT2D eigenvalue weighted by atomic mass is 10.2. The third-order valence-corrected chi connectivity index (χ3v) is 2.21. The van der Waals surface area contributed by atoms with Crippen LogP contribution in [-0.2, 0) is 6.42 Å². The van der Waals surface area contributed by atoms with Crippen molar-refractivity contribution in [1.82, 2.24) is 4.98 Å². The van der Waals surface area contributed by atoms with E-state index in [0.29, 0.717) is 18.5 Å². The van der Waals surface area contributed by atoms with Gasteiger partial charge in [-0.15, -0.1) is 0 Å². The Morgan fingerprint density at radius 2 is 2.12 bits per heavy atom. The number of aromatic nitrogens is 1. The van der Waals surface area contributed by atoms with Gasteiger partial charge in [0.25, 0.3) is 5.91 Å². The van der Waals surface area contributed by atoms with Crippen LogP contribution in [0.25, 0.3) is 0 Å². The highest BCUT2D eigenvalue weighted by molar-refractivity contribution is 6.03. The van der Waals surface area contributed by atoms with Gasteiger partial charge >= 0.3 is 6.01 Å². The van der Waals surface area contributed by atoms with Crippen LogP contribution in [0.4, 0.5) is 6.01 Å². The molecule has 88 valence electrons. The molecule has 0 bridgehead atoms. The Hall–Kier alpha value is -2.14. The highest BCUT2D eigenvalue weighted by atomic mass is 16.4. The van der Waals surface area contributed by atoms with Crippen LogP contribution in [0, 0.1) is 0 Å². The summed E-state index contributed by atoms with van der Waals surface area (Å²) >= 11 is 0. The van der Waals surface area contributed by atoms with Gasteiger partial charge in [0.15, 0.2) is 0 Å². The summed E-state index contributed by atoms with van der Waals surface area (Å²) in [7, 11) is 0. The van der Waals surface area contributed by atoms with E-state index < -0.39 is 0 Å². The van der Waals surface area contributed by atoms with Crippen molar-refractivity contribution >= 4 is 11.9 Å². The standard InChI is InChI=1S/C12H13N3O2/c13-7-6-10-8-17-12(14-10)15-11(16)9-4-2-1-3-5-9/h1-5,8H,6-7,13H2,(H,14,15,16). The molecule has 0 radical (unpaired) electrons. The maximum absolute atomic E-state index is 11.7. The van der Waals surface area contributed by atoms with E-state index in [1.165, 1.54) is 6.26 Å². The fourth-order valence-corrected chi connectivity index (χ4v) is 1.39. The van der Waals surface area contributed by atoms with Gasteiger partial charge in [-0.25, -0.2) is 0 Å². The number of oxazole rings is 1. The van der Waals surface area contributed by atoms with Crippen molar-refractivity contribution < 1.29 is 9.21 Å². The van der Waals surface area contributed by atoms with E-state index in [-0.39, 0.29) is 11.9 Å². The third-order valence-electron chi connectivity index (χ3n) is 2.21. The van der Waals surface area contributed by atoms with Gasteiger partial charge in [-0.05, 0) is 18.7 Å². The van der Waals surface area contributed by atoms with Crippen LogP contribution >= 0.6 is 0 Å². The number of hydrogen-bond donors (Lipinski definition) is 2. The van der Waals surface area contributed by atoms with E-state index in [1.807, 2.05) is 6.07 Å². The Labute approximate surface area is 98.6 Å². The van der Waals surface area contributed by atoms with Gasteiger partial charge in [0.2, 0.25) is 0 Å². The van der Waals surface area contributed by atoms with E-state index in [0.717, 1.165) is 5.69 Å². The molecule has 1 amide bonds. The van der Waals surface area contributed by atoms with Crippen LogP contribution in [-0.4, -0.2) is 17.4 Å². The van der Waals surface area contributed by atoms with Gasteiger partial charge in [0, 0.05) is 12.0 Å². The molecule has 1 aromatic heterocycles. The second-order valence-corrected chi connectivity index (χ2v) is 3.50. The van der Waals surface area contributed by atoms with Crippen molar-refractivity contribution in [2.75, 3.05) is 11.9 Å². The third kappa shape index (κ3) is 2.92. The van der Waals surface area contributed by atoms with Crippen molar-refractivity contribution in [3.63, 3.8) is 0 Å². The van der Waals surface area contributed by atoms with Crippen LogP contribution in [0.1, 0.15) is 16.1 Å². The normalized spacial score (nSPS) is 10.2. The molecule has 1 heterocycles. The van der Waals surface area contributed by atoms with Gasteiger partial charge in [-0.3, -0.25) is 10.1 Å². The summed E-state index contributed by atoms with van der Waals surface area (Å²) in [6, 6.07) is 9.08. The second-order valence-electron chi connectivity index (χ2n) is 3.50. The number of carbonyl (C=O) groups is 1. The number of rotatable bonds is 4. The smallest absolute Gasteiger partial charge is 0.301 e. The number of carbonyl (C=O) groups excluding carboxylic acids is 1. The Kier molecular flexibility index (Phi) is 3.52. The zero-order chi connectivity index (χ0) is 12.1. The summed E-state index contributed by atoms with van der Waals surface area (Å²) < 4.78 is 5.11. The lowest BCUT2D eigenvalue weighted by molar-refractivity contribution is 0.102. The molecular formula is C12H13N3O2. The monoisotopic (exact) mass is 231 g/mol. The molecular weight excluding hydrogens is 218 g/mol. The average molecular weight is 231 g/mol. The lowest BCUT2D eigenvalue weighted by Crippen LogP contribution is -2.12. The van der Waals surface area contributed by atoms with Gasteiger partial charge in [-0.2, -0.15) is 4.98 Å². The summed E-state index contributed by atoms with van der Waals surface area (Å²) in [5.41, 5.74) is 6.69. The zero-order valence-corrected chi connectivity index (χ0v) is 9.22. The first-order valence-electron chi connectivity index (χ1n) is 5.30. The quantitative estimate of drug-likeness (QED) is 0.834. The molecule has 3 N–H and O–H groups in total. The van der Waals surface area contributed by atoms with Crippen molar-refractivity contribution in [1.29, 1.82) is 0 Å². The molecule has 0 spiro atoms. The molecule has 0 unspecified atom stereocenters. The largest absolute Gasteiger partial charge is 0.432 e. The van der Waals surface area contributed by atoms with Crippen LogP contribution < -0.4 is 11.1 Å². The van der Waals surface area contributed by atoms with E-state index >= 15 is 0 Å². The number of anilines is 1. The van der Waals surface area contributed by atoms with Crippen LogP contribution in [0.5, 0.6) is 0 Å². The molecule has 2 rings (SSSR count). The SMILES string of the molecule is NCCc1coc(NC(=O)c2ccccc2)n1. The molecule has 2 aromatic rings. The van der Waals surface area contributed by atoms with Crippen molar-refractivity contribution in [2.45, 2.75) is 6.42 Å².